The Hall–Kier alpha value is -0.750. The summed E-state index contributed by atoms with van der Waals surface area (Å²) in [6.07, 6.45) is 2.97. The Morgan fingerprint density at radius 1 is 1.32 bits per heavy atom. The van der Waals surface area contributed by atoms with E-state index < -0.39 is 18.0 Å². The lowest BCUT2D eigenvalue weighted by Gasteiger charge is -2.13. The molecule has 19 heavy (non-hydrogen) atoms. The van der Waals surface area contributed by atoms with Crippen LogP contribution < -0.4 is 5.32 Å². The number of carboxylic acid groups (broad SMARTS) is 1. The zero-order valence-electron chi connectivity index (χ0n) is 12.1. The lowest BCUT2D eigenvalue weighted by atomic mass is 9.99. The largest absolute Gasteiger partial charge is 0.481 e. The molecule has 0 aliphatic rings. The van der Waals surface area contributed by atoms with Gasteiger partial charge in [0.05, 0.1) is 12.0 Å². The van der Waals surface area contributed by atoms with E-state index in [-0.39, 0.29) is 5.91 Å². The molecule has 3 N–H and O–H groups in total. The van der Waals surface area contributed by atoms with E-state index in [9.17, 15) is 14.7 Å². The lowest BCUT2D eigenvalue weighted by molar-refractivity contribution is -0.145. The summed E-state index contributed by atoms with van der Waals surface area (Å²) in [5, 5.41) is 20.5. The zero-order chi connectivity index (χ0) is 15.3. The Morgan fingerprint density at radius 2 is 1.89 bits per heavy atom. The molecule has 0 aliphatic carbocycles. The average molecular weight is 293 g/mol. The second-order valence-corrected chi connectivity index (χ2v) is 4.84. The predicted octanol–water partition coefficient (Wildman–Crippen LogP) is 1.70. The first-order valence-corrected chi connectivity index (χ1v) is 7.26. The maximum absolute atomic E-state index is 10.4. The van der Waals surface area contributed by atoms with E-state index in [0.717, 1.165) is 19.3 Å². The summed E-state index contributed by atoms with van der Waals surface area (Å²) in [6, 6.07) is 0. The van der Waals surface area contributed by atoms with Crippen LogP contribution >= 0.6 is 12.6 Å². The maximum Gasteiger partial charge on any atom is 0.308 e. The Morgan fingerprint density at radius 3 is 2.21 bits per heavy atom. The number of unbranched alkanes of at least 4 members (excludes halogenated alkanes) is 2. The van der Waals surface area contributed by atoms with Gasteiger partial charge in [-0.05, 0) is 13.3 Å². The Kier molecular flexibility index (Phi) is 14.8. The molecule has 0 heterocycles. The van der Waals surface area contributed by atoms with Crippen LogP contribution in [0.4, 0.5) is 0 Å². The number of hydrogen-bond acceptors (Lipinski definition) is 4. The highest BCUT2D eigenvalue weighted by Gasteiger charge is 2.20. The van der Waals surface area contributed by atoms with Crippen molar-refractivity contribution in [3.63, 3.8) is 0 Å². The zero-order valence-corrected chi connectivity index (χ0v) is 12.9. The van der Waals surface area contributed by atoms with Gasteiger partial charge in [0.2, 0.25) is 5.91 Å². The minimum Gasteiger partial charge on any atom is -0.481 e. The molecular weight excluding hydrogens is 266 g/mol. The molecule has 0 bridgehead atoms. The average Bonchev–Trinajstić information content (AvgIpc) is 2.36. The van der Waals surface area contributed by atoms with Crippen LogP contribution in [0, 0.1) is 5.92 Å². The first-order valence-electron chi connectivity index (χ1n) is 6.62. The molecule has 0 saturated heterocycles. The minimum absolute atomic E-state index is 0.00838. The van der Waals surface area contributed by atoms with Gasteiger partial charge in [-0.2, -0.15) is 12.6 Å². The maximum atomic E-state index is 10.4. The molecule has 0 radical (unpaired) electrons. The summed E-state index contributed by atoms with van der Waals surface area (Å²) in [7, 11) is 0. The van der Waals surface area contributed by atoms with Gasteiger partial charge < -0.3 is 15.5 Å². The fourth-order valence-electron chi connectivity index (χ4n) is 1.25. The van der Waals surface area contributed by atoms with Crippen molar-refractivity contribution in [1.82, 2.24) is 5.32 Å². The molecule has 114 valence electrons. The molecule has 0 aliphatic heterocycles. The number of amides is 1. The van der Waals surface area contributed by atoms with Gasteiger partial charge in [-0.1, -0.05) is 26.2 Å². The summed E-state index contributed by atoms with van der Waals surface area (Å²) in [5.41, 5.74) is 0. The van der Waals surface area contributed by atoms with E-state index in [0.29, 0.717) is 18.7 Å². The fraction of sp³-hybridized carbons (Fsp3) is 0.846. The van der Waals surface area contributed by atoms with Crippen LogP contribution in [0.25, 0.3) is 0 Å². The molecule has 1 amide bonds. The van der Waals surface area contributed by atoms with Crippen LogP contribution in [0.15, 0.2) is 0 Å². The lowest BCUT2D eigenvalue weighted by Crippen LogP contribution is -2.25. The van der Waals surface area contributed by atoms with E-state index in [1.165, 1.54) is 6.92 Å². The van der Waals surface area contributed by atoms with Gasteiger partial charge in [0.1, 0.15) is 0 Å². The first-order chi connectivity index (χ1) is 8.86. The molecule has 0 rings (SSSR count). The number of nitrogens with one attached hydrogen (secondary N) is 1. The first kappa shape index (κ1) is 20.6. The fourth-order valence-corrected chi connectivity index (χ4v) is 1.36. The quantitative estimate of drug-likeness (QED) is 0.405. The van der Waals surface area contributed by atoms with Gasteiger partial charge in [-0.3, -0.25) is 9.59 Å². The molecule has 0 aromatic carbocycles. The van der Waals surface area contributed by atoms with Crippen LogP contribution in [0.2, 0.25) is 0 Å². The number of carbonyl (C=O) groups excluding carboxylic acids is 1. The topological polar surface area (TPSA) is 86.6 Å². The van der Waals surface area contributed by atoms with Crippen molar-refractivity contribution in [2.75, 3.05) is 12.3 Å². The predicted molar refractivity (Wildman–Crippen MR) is 79.5 cm³/mol. The van der Waals surface area contributed by atoms with Gasteiger partial charge in [0.25, 0.3) is 0 Å². The van der Waals surface area contributed by atoms with Crippen molar-refractivity contribution < 1.29 is 19.8 Å². The molecule has 0 aromatic rings. The third kappa shape index (κ3) is 15.2. The van der Waals surface area contributed by atoms with Gasteiger partial charge in [0.15, 0.2) is 0 Å². The van der Waals surface area contributed by atoms with Crippen molar-refractivity contribution in [2.45, 2.75) is 52.6 Å². The highest BCUT2D eigenvalue weighted by atomic mass is 32.1. The molecule has 0 fully saturated rings. The van der Waals surface area contributed by atoms with Crippen molar-refractivity contribution in [3.8, 4) is 0 Å². The molecule has 2 unspecified atom stereocenters. The number of aliphatic hydroxyl groups excluding tert-OH is 1. The second kappa shape index (κ2) is 13.7. The number of aliphatic carboxylic acids is 1. The Bertz CT molecular complexity index is 249. The van der Waals surface area contributed by atoms with Crippen LogP contribution in [0.1, 0.15) is 46.5 Å². The van der Waals surface area contributed by atoms with Gasteiger partial charge >= 0.3 is 5.97 Å². The van der Waals surface area contributed by atoms with Crippen molar-refractivity contribution in [2.24, 2.45) is 5.92 Å². The minimum atomic E-state index is -0.918. The van der Waals surface area contributed by atoms with E-state index >= 15 is 0 Å². The molecule has 0 saturated carbocycles. The molecule has 6 heteroatoms. The number of hydrogen-bond donors (Lipinski definition) is 4. The third-order valence-corrected chi connectivity index (χ3v) is 2.78. The van der Waals surface area contributed by atoms with E-state index in [1.807, 2.05) is 0 Å². The van der Waals surface area contributed by atoms with Crippen LogP contribution in [-0.2, 0) is 9.59 Å². The van der Waals surface area contributed by atoms with E-state index in [4.69, 9.17) is 5.11 Å². The molecule has 2 atom stereocenters. The van der Waals surface area contributed by atoms with Crippen LogP contribution in [0.5, 0.6) is 0 Å². The monoisotopic (exact) mass is 293 g/mol. The van der Waals surface area contributed by atoms with Crippen molar-refractivity contribution in [1.29, 1.82) is 0 Å². The molecule has 0 spiro atoms. The number of carbonyl (C=O) groups is 2. The molecule has 5 nitrogen and oxygen atoms in total. The van der Waals surface area contributed by atoms with Crippen LogP contribution in [0.3, 0.4) is 0 Å². The SMILES string of the molecule is CC(=O)NCCS.CCCCCC(O)C(C)C(=O)O. The number of rotatable bonds is 8. The molecule has 0 aromatic heterocycles. The van der Waals surface area contributed by atoms with Gasteiger partial charge in [-0.15, -0.1) is 0 Å². The number of carboxylic acids is 1. The second-order valence-electron chi connectivity index (χ2n) is 4.40. The Balaban J connectivity index is 0. The summed E-state index contributed by atoms with van der Waals surface area (Å²) >= 11 is 3.88. The van der Waals surface area contributed by atoms with Gasteiger partial charge in [-0.25, -0.2) is 0 Å². The van der Waals surface area contributed by atoms with E-state index in [1.54, 1.807) is 6.92 Å². The highest BCUT2D eigenvalue weighted by molar-refractivity contribution is 7.80. The number of aliphatic hydroxyl groups is 1. The summed E-state index contributed by atoms with van der Waals surface area (Å²) < 4.78 is 0. The van der Waals surface area contributed by atoms with Crippen molar-refractivity contribution >= 4 is 24.5 Å². The van der Waals surface area contributed by atoms with Gasteiger partial charge in [0, 0.05) is 19.2 Å². The normalized spacial score (nSPS) is 12.9. The third-order valence-electron chi connectivity index (χ3n) is 2.56. The summed E-state index contributed by atoms with van der Waals surface area (Å²) in [6.45, 7) is 5.77. The van der Waals surface area contributed by atoms with Crippen molar-refractivity contribution in [3.05, 3.63) is 0 Å². The van der Waals surface area contributed by atoms with Crippen LogP contribution in [-0.4, -0.2) is 40.5 Å². The molecular formula is C13H27NO4S. The smallest absolute Gasteiger partial charge is 0.308 e. The summed E-state index contributed by atoms with van der Waals surface area (Å²) in [5.74, 6) is -0.838. The summed E-state index contributed by atoms with van der Waals surface area (Å²) in [4.78, 5) is 20.5. The number of thiol groups is 1. The Labute approximate surface area is 121 Å². The highest BCUT2D eigenvalue weighted by Crippen LogP contribution is 2.11. The standard InChI is InChI=1S/C9H18O3.C4H9NOS/c1-3-4-5-6-8(10)7(2)9(11)12;1-4(6)5-2-3-7/h7-8,10H,3-6H2,1-2H3,(H,11,12);7H,2-3H2,1H3,(H,5,6). The van der Waals surface area contributed by atoms with E-state index in [2.05, 4.69) is 24.9 Å².